The van der Waals surface area contributed by atoms with Gasteiger partial charge in [0, 0.05) is 41.2 Å². The number of esters is 1. The van der Waals surface area contributed by atoms with E-state index in [2.05, 4.69) is 19.7 Å². The molecule has 1 atom stereocenters. The highest BCUT2D eigenvalue weighted by Gasteiger charge is 2.20. The molecule has 8 nitrogen and oxygen atoms in total. The van der Waals surface area contributed by atoms with Gasteiger partial charge in [-0.05, 0) is 31.2 Å². The van der Waals surface area contributed by atoms with Crippen LogP contribution in [0.1, 0.15) is 44.7 Å². The van der Waals surface area contributed by atoms with Gasteiger partial charge in [0.15, 0.2) is 5.65 Å². The minimum atomic E-state index is -0.945. The molecule has 0 amide bonds. The number of methoxy groups -OCH3 is 1. The van der Waals surface area contributed by atoms with E-state index in [9.17, 15) is 14.7 Å². The second-order valence-corrected chi connectivity index (χ2v) is 8.56. The molecule has 1 aromatic carbocycles. The number of aromatic amines is 1. The first-order valence-corrected chi connectivity index (χ1v) is 12.3. The van der Waals surface area contributed by atoms with E-state index >= 15 is 0 Å². The highest BCUT2D eigenvalue weighted by Crippen LogP contribution is 2.31. The maximum absolute atomic E-state index is 11.3. The Bertz CT molecular complexity index is 1170. The fourth-order valence-electron chi connectivity index (χ4n) is 2.91. The van der Waals surface area contributed by atoms with E-state index in [-0.39, 0.29) is 12.5 Å². The SMILES string of the molecule is C/C=C(/C(O)c1ccc(Cl)cc1Cl)N(C)CC(=O)OC.CCC=O.CCc1nc2nc(Cl)ccc2[nH]1. The second kappa shape index (κ2) is 16.2. The molecule has 0 fully saturated rings. The number of likely N-dealkylation sites (N-methyl/N-ethyl adjacent to an activating group) is 1. The van der Waals surface area contributed by atoms with Crippen molar-refractivity contribution in [1.29, 1.82) is 0 Å². The number of aliphatic hydroxyl groups is 1. The van der Waals surface area contributed by atoms with Crippen molar-refractivity contribution < 1.29 is 19.4 Å². The van der Waals surface area contributed by atoms with Gasteiger partial charge in [-0.25, -0.2) is 9.97 Å². The van der Waals surface area contributed by atoms with Crippen LogP contribution in [0.5, 0.6) is 0 Å². The van der Waals surface area contributed by atoms with Gasteiger partial charge in [-0.3, -0.25) is 4.79 Å². The zero-order valence-electron chi connectivity index (χ0n) is 20.9. The third-order valence-electron chi connectivity index (χ3n) is 4.73. The Morgan fingerprint density at radius 3 is 2.39 bits per heavy atom. The molecule has 196 valence electrons. The molecule has 3 rings (SSSR count). The lowest BCUT2D eigenvalue weighted by Gasteiger charge is -2.26. The van der Waals surface area contributed by atoms with Crippen LogP contribution < -0.4 is 0 Å². The summed E-state index contributed by atoms with van der Waals surface area (Å²) in [6.45, 7) is 5.67. The number of rotatable bonds is 7. The van der Waals surface area contributed by atoms with Crippen LogP contribution in [0.4, 0.5) is 0 Å². The van der Waals surface area contributed by atoms with Gasteiger partial charge < -0.3 is 24.5 Å². The number of aldehydes is 1. The third-order valence-corrected chi connectivity index (χ3v) is 5.50. The van der Waals surface area contributed by atoms with Crippen molar-refractivity contribution in [2.24, 2.45) is 0 Å². The third kappa shape index (κ3) is 9.78. The average molecular weight is 558 g/mol. The summed E-state index contributed by atoms with van der Waals surface area (Å²) >= 11 is 17.6. The van der Waals surface area contributed by atoms with Crippen molar-refractivity contribution in [3.63, 3.8) is 0 Å². The zero-order chi connectivity index (χ0) is 27.3. The van der Waals surface area contributed by atoms with Gasteiger partial charge in [0.05, 0.1) is 12.6 Å². The topological polar surface area (TPSA) is 108 Å². The molecule has 0 saturated heterocycles. The molecule has 2 aromatic heterocycles. The van der Waals surface area contributed by atoms with Crippen LogP contribution in [0.15, 0.2) is 42.1 Å². The van der Waals surface area contributed by atoms with Crippen LogP contribution in [0.3, 0.4) is 0 Å². The number of carbonyl (C=O) groups excluding carboxylic acids is 2. The number of pyridine rings is 1. The largest absolute Gasteiger partial charge is 0.468 e. The smallest absolute Gasteiger partial charge is 0.325 e. The van der Waals surface area contributed by atoms with Crippen molar-refractivity contribution in [3.8, 4) is 0 Å². The van der Waals surface area contributed by atoms with Crippen LogP contribution in [-0.4, -0.2) is 57.9 Å². The first kappa shape index (κ1) is 31.4. The zero-order valence-corrected chi connectivity index (χ0v) is 23.2. The lowest BCUT2D eigenvalue weighted by molar-refractivity contribution is -0.141. The Balaban J connectivity index is 0.000000339. The molecule has 0 radical (unpaired) electrons. The van der Waals surface area contributed by atoms with Gasteiger partial charge in [0.25, 0.3) is 0 Å². The number of hydrogen-bond acceptors (Lipinski definition) is 7. The summed E-state index contributed by atoms with van der Waals surface area (Å²) in [5, 5.41) is 11.8. The summed E-state index contributed by atoms with van der Waals surface area (Å²) in [6.07, 6.45) is 3.17. The van der Waals surface area contributed by atoms with E-state index < -0.39 is 6.10 Å². The fourth-order valence-corrected chi connectivity index (χ4v) is 3.56. The summed E-state index contributed by atoms with van der Waals surface area (Å²) in [7, 11) is 3.01. The molecule has 0 saturated carbocycles. The predicted octanol–water partition coefficient (Wildman–Crippen LogP) is 5.80. The lowest BCUT2D eigenvalue weighted by Crippen LogP contribution is -2.29. The van der Waals surface area contributed by atoms with E-state index in [1.807, 2.05) is 19.9 Å². The number of hydrogen-bond donors (Lipinski definition) is 2. The first-order chi connectivity index (χ1) is 17.1. The molecule has 0 bridgehead atoms. The van der Waals surface area contributed by atoms with Gasteiger partial charge in [0.1, 0.15) is 29.9 Å². The van der Waals surface area contributed by atoms with Gasteiger partial charge in [0.2, 0.25) is 0 Å². The fraction of sp³-hybridized carbons (Fsp3) is 0.360. The number of nitrogens with one attached hydrogen (secondary N) is 1. The molecular formula is C25H31Cl3N4O4. The van der Waals surface area contributed by atoms with E-state index in [1.165, 1.54) is 7.11 Å². The summed E-state index contributed by atoms with van der Waals surface area (Å²) < 4.78 is 4.61. The van der Waals surface area contributed by atoms with Crippen molar-refractivity contribution in [2.75, 3.05) is 20.7 Å². The van der Waals surface area contributed by atoms with E-state index in [0.717, 1.165) is 24.0 Å². The number of aromatic nitrogens is 3. The summed E-state index contributed by atoms with van der Waals surface area (Å²) in [5.41, 5.74) is 2.72. The first-order valence-electron chi connectivity index (χ1n) is 11.1. The molecular weight excluding hydrogens is 527 g/mol. The molecule has 11 heteroatoms. The molecule has 36 heavy (non-hydrogen) atoms. The van der Waals surface area contributed by atoms with Crippen molar-refractivity contribution in [2.45, 2.75) is 39.7 Å². The highest BCUT2D eigenvalue weighted by atomic mass is 35.5. The molecule has 0 spiro atoms. The summed E-state index contributed by atoms with van der Waals surface area (Å²) in [5.74, 6) is 0.556. The number of halogens is 3. The minimum absolute atomic E-state index is 0.0401. The Hall–Kier alpha value is -2.65. The highest BCUT2D eigenvalue weighted by molar-refractivity contribution is 6.35. The van der Waals surface area contributed by atoms with E-state index in [4.69, 9.17) is 34.8 Å². The van der Waals surface area contributed by atoms with E-state index in [1.54, 1.807) is 49.2 Å². The Kier molecular flexibility index (Phi) is 14.1. The van der Waals surface area contributed by atoms with Crippen LogP contribution in [0.2, 0.25) is 15.2 Å². The monoisotopic (exact) mass is 556 g/mol. The summed E-state index contributed by atoms with van der Waals surface area (Å²) in [4.78, 5) is 33.5. The Morgan fingerprint density at radius 2 is 1.86 bits per heavy atom. The number of benzene rings is 1. The van der Waals surface area contributed by atoms with E-state index in [0.29, 0.717) is 38.5 Å². The number of ether oxygens (including phenoxy) is 1. The summed E-state index contributed by atoms with van der Waals surface area (Å²) in [6, 6.07) is 8.51. The van der Waals surface area contributed by atoms with Gasteiger partial charge in [-0.1, -0.05) is 60.8 Å². The molecule has 0 aliphatic heterocycles. The van der Waals surface area contributed by atoms with Gasteiger partial charge >= 0.3 is 5.97 Å². The molecule has 0 aliphatic rings. The van der Waals surface area contributed by atoms with Gasteiger partial charge in [-0.15, -0.1) is 0 Å². The number of aliphatic hydroxyl groups excluding tert-OH is 1. The van der Waals surface area contributed by atoms with Crippen molar-refractivity contribution in [3.05, 3.63) is 68.7 Å². The number of nitrogens with zero attached hydrogens (tertiary/aromatic N) is 3. The lowest BCUT2D eigenvalue weighted by atomic mass is 10.1. The van der Waals surface area contributed by atoms with Crippen LogP contribution in [-0.2, 0) is 20.7 Å². The molecule has 0 aliphatic carbocycles. The number of fused-ring (bicyclic) bond motifs is 1. The molecule has 3 aromatic rings. The van der Waals surface area contributed by atoms with Crippen LogP contribution in [0.25, 0.3) is 11.2 Å². The quantitative estimate of drug-likeness (QED) is 0.214. The van der Waals surface area contributed by atoms with Crippen LogP contribution >= 0.6 is 34.8 Å². The normalized spacial score (nSPS) is 11.5. The van der Waals surface area contributed by atoms with Crippen molar-refractivity contribution >= 4 is 58.2 Å². The molecule has 2 heterocycles. The number of aryl methyl sites for hydroxylation is 1. The molecule has 2 N–H and O–H groups in total. The Morgan fingerprint density at radius 1 is 1.19 bits per heavy atom. The van der Waals surface area contributed by atoms with Gasteiger partial charge in [-0.2, -0.15) is 0 Å². The number of allylic oxidation sites excluding steroid dienone is 1. The van der Waals surface area contributed by atoms with Crippen molar-refractivity contribution in [1.82, 2.24) is 19.9 Å². The maximum Gasteiger partial charge on any atom is 0.325 e. The second-order valence-electron chi connectivity index (χ2n) is 7.33. The average Bonchev–Trinajstić information content (AvgIpc) is 3.27. The molecule has 1 unspecified atom stereocenters. The standard InChI is InChI=1S/C14H17Cl2NO3.C8H8ClN3.C3H6O/c1-4-12(17(2)8-13(18)20-3)14(19)10-6-5-9(15)7-11(10)16;1-2-7-10-5-3-4-6(9)11-8(5)12-7;1-2-3-4/h4-7,14,19H,8H2,1-3H3;3-4H,2H2,1H3,(H,10,11,12);3H,2H2,1H3/b12-4-;;. The maximum atomic E-state index is 11.3. The number of carbonyl (C=O) groups is 2. The Labute approximate surface area is 226 Å². The predicted molar refractivity (Wildman–Crippen MR) is 144 cm³/mol. The number of H-pyrrole nitrogens is 1. The van der Waals surface area contributed by atoms with Crippen LogP contribution in [0, 0.1) is 0 Å². The number of imidazole rings is 1. The minimum Gasteiger partial charge on any atom is -0.468 e.